The van der Waals surface area contributed by atoms with E-state index in [1.165, 1.54) is 5.39 Å². The maximum absolute atomic E-state index is 11.9. The highest BCUT2D eigenvalue weighted by atomic mass is 16.6. The minimum absolute atomic E-state index is 0.356. The molecule has 0 spiro atoms. The minimum atomic E-state index is -0.629. The van der Waals surface area contributed by atoms with Crippen molar-refractivity contribution in [3.05, 3.63) is 48.0 Å². The second-order valence-electron chi connectivity index (χ2n) is 6.03. The van der Waals surface area contributed by atoms with Crippen molar-refractivity contribution in [1.29, 1.82) is 0 Å². The van der Waals surface area contributed by atoms with Crippen molar-refractivity contribution in [2.45, 2.75) is 38.8 Å². The second kappa shape index (κ2) is 5.63. The zero-order valence-electron chi connectivity index (χ0n) is 12.2. The number of rotatable bonds is 3. The number of carbonyl (C=O) groups is 1. The Morgan fingerprint density at radius 2 is 1.80 bits per heavy atom. The molecular weight excluding hydrogens is 250 g/mol. The summed E-state index contributed by atoms with van der Waals surface area (Å²) in [6.07, 6.45) is 0.486. The molecule has 1 atom stereocenters. The highest BCUT2D eigenvalue weighted by molar-refractivity contribution is 5.83. The molecule has 0 unspecified atom stereocenters. The normalized spacial score (nSPS) is 13.2. The molecular formula is C17H21NO2. The number of esters is 1. The molecule has 0 saturated carbocycles. The minimum Gasteiger partial charge on any atom is -0.459 e. The van der Waals surface area contributed by atoms with Crippen LogP contribution in [0.3, 0.4) is 0 Å². The van der Waals surface area contributed by atoms with Crippen LogP contribution < -0.4 is 5.73 Å². The van der Waals surface area contributed by atoms with Gasteiger partial charge in [0.15, 0.2) is 0 Å². The number of hydrogen-bond donors (Lipinski definition) is 1. The summed E-state index contributed by atoms with van der Waals surface area (Å²) in [5.41, 5.74) is 6.47. The third-order valence-corrected chi connectivity index (χ3v) is 2.98. The Morgan fingerprint density at radius 1 is 1.15 bits per heavy atom. The molecule has 0 saturated heterocycles. The van der Waals surface area contributed by atoms with Crippen LogP contribution in [0.4, 0.5) is 0 Å². The molecule has 3 heteroatoms. The fourth-order valence-electron chi connectivity index (χ4n) is 2.08. The average Bonchev–Trinajstić information content (AvgIpc) is 2.36. The lowest BCUT2D eigenvalue weighted by molar-refractivity contribution is -0.156. The predicted octanol–water partition coefficient (Wildman–Crippen LogP) is 3.05. The third-order valence-electron chi connectivity index (χ3n) is 2.98. The summed E-state index contributed by atoms with van der Waals surface area (Å²) in [6.45, 7) is 5.52. The van der Waals surface area contributed by atoms with Gasteiger partial charge < -0.3 is 10.5 Å². The van der Waals surface area contributed by atoms with E-state index in [4.69, 9.17) is 10.5 Å². The van der Waals surface area contributed by atoms with Gasteiger partial charge in [0.2, 0.25) is 0 Å². The zero-order chi connectivity index (χ0) is 14.8. The highest BCUT2D eigenvalue weighted by Crippen LogP contribution is 2.17. The molecule has 2 aromatic carbocycles. The SMILES string of the molecule is CC(C)(C)OC(=O)[C@H](N)Cc1ccc2ccccc2c1. The zero-order valence-corrected chi connectivity index (χ0v) is 12.2. The van der Waals surface area contributed by atoms with Crippen molar-refractivity contribution in [3.63, 3.8) is 0 Å². The maximum atomic E-state index is 11.9. The van der Waals surface area contributed by atoms with Crippen molar-refractivity contribution in [2.24, 2.45) is 5.73 Å². The summed E-state index contributed by atoms with van der Waals surface area (Å²) in [4.78, 5) is 11.9. The molecule has 0 amide bonds. The van der Waals surface area contributed by atoms with Crippen LogP contribution in [-0.2, 0) is 16.0 Å². The van der Waals surface area contributed by atoms with E-state index >= 15 is 0 Å². The van der Waals surface area contributed by atoms with Crippen molar-refractivity contribution in [2.75, 3.05) is 0 Å². The predicted molar refractivity (Wildman–Crippen MR) is 81.5 cm³/mol. The molecule has 0 aliphatic heterocycles. The van der Waals surface area contributed by atoms with Gasteiger partial charge in [0, 0.05) is 0 Å². The number of carbonyl (C=O) groups excluding carboxylic acids is 1. The quantitative estimate of drug-likeness (QED) is 0.873. The molecule has 0 bridgehead atoms. The van der Waals surface area contributed by atoms with Crippen molar-refractivity contribution in [1.82, 2.24) is 0 Å². The lowest BCUT2D eigenvalue weighted by Gasteiger charge is -2.22. The average molecular weight is 271 g/mol. The van der Waals surface area contributed by atoms with Gasteiger partial charge in [-0.2, -0.15) is 0 Å². The molecule has 2 aromatic rings. The summed E-state index contributed by atoms with van der Waals surface area (Å²) >= 11 is 0. The number of benzene rings is 2. The van der Waals surface area contributed by atoms with Crippen LogP contribution in [0.15, 0.2) is 42.5 Å². The third kappa shape index (κ3) is 3.81. The van der Waals surface area contributed by atoms with E-state index < -0.39 is 11.6 Å². The van der Waals surface area contributed by atoms with Crippen LogP contribution in [0.1, 0.15) is 26.3 Å². The van der Waals surface area contributed by atoms with E-state index in [0.29, 0.717) is 6.42 Å². The van der Waals surface area contributed by atoms with Gasteiger partial charge in [-0.15, -0.1) is 0 Å². The summed E-state index contributed by atoms with van der Waals surface area (Å²) in [6, 6.07) is 13.6. The van der Waals surface area contributed by atoms with E-state index in [1.807, 2.05) is 45.0 Å². The van der Waals surface area contributed by atoms with Gasteiger partial charge >= 0.3 is 5.97 Å². The monoisotopic (exact) mass is 271 g/mol. The largest absolute Gasteiger partial charge is 0.459 e. The summed E-state index contributed by atoms with van der Waals surface area (Å²) in [5, 5.41) is 2.34. The number of nitrogens with two attached hydrogens (primary N) is 1. The molecule has 2 rings (SSSR count). The lowest BCUT2D eigenvalue weighted by Crippen LogP contribution is -2.38. The van der Waals surface area contributed by atoms with Crippen LogP contribution in [0.2, 0.25) is 0 Å². The molecule has 0 aliphatic carbocycles. The Kier molecular flexibility index (Phi) is 4.09. The van der Waals surface area contributed by atoms with Crippen LogP contribution in [0.5, 0.6) is 0 Å². The molecule has 2 N–H and O–H groups in total. The summed E-state index contributed by atoms with van der Waals surface area (Å²) in [5.74, 6) is -0.356. The first-order chi connectivity index (χ1) is 9.35. The van der Waals surface area contributed by atoms with Gasteiger partial charge in [0.25, 0.3) is 0 Å². The first-order valence-corrected chi connectivity index (χ1v) is 6.81. The summed E-state index contributed by atoms with van der Waals surface area (Å²) in [7, 11) is 0. The Bertz CT molecular complexity index is 614. The van der Waals surface area contributed by atoms with E-state index in [2.05, 4.69) is 18.2 Å². The molecule has 0 fully saturated rings. The fraction of sp³-hybridized carbons (Fsp3) is 0.353. The Hall–Kier alpha value is -1.87. The van der Waals surface area contributed by atoms with Crippen LogP contribution in [-0.4, -0.2) is 17.6 Å². The Balaban J connectivity index is 2.09. The van der Waals surface area contributed by atoms with Crippen LogP contribution in [0.25, 0.3) is 10.8 Å². The molecule has 0 aliphatic rings. The van der Waals surface area contributed by atoms with Crippen molar-refractivity contribution < 1.29 is 9.53 Å². The number of ether oxygens (including phenoxy) is 1. The number of fused-ring (bicyclic) bond motifs is 1. The van der Waals surface area contributed by atoms with Crippen LogP contribution in [0, 0.1) is 0 Å². The Labute approximate surface area is 119 Å². The van der Waals surface area contributed by atoms with Gasteiger partial charge in [-0.1, -0.05) is 42.5 Å². The van der Waals surface area contributed by atoms with E-state index in [-0.39, 0.29) is 5.97 Å². The highest BCUT2D eigenvalue weighted by Gasteiger charge is 2.22. The molecule has 20 heavy (non-hydrogen) atoms. The summed E-state index contributed by atoms with van der Waals surface area (Å²) < 4.78 is 5.30. The van der Waals surface area contributed by atoms with Gasteiger partial charge in [-0.3, -0.25) is 4.79 Å². The topological polar surface area (TPSA) is 52.3 Å². The first kappa shape index (κ1) is 14.5. The van der Waals surface area contributed by atoms with Gasteiger partial charge in [0.05, 0.1) is 0 Å². The van der Waals surface area contributed by atoms with Crippen molar-refractivity contribution in [3.8, 4) is 0 Å². The first-order valence-electron chi connectivity index (χ1n) is 6.81. The van der Waals surface area contributed by atoms with E-state index in [0.717, 1.165) is 10.9 Å². The fourth-order valence-corrected chi connectivity index (χ4v) is 2.08. The van der Waals surface area contributed by atoms with Gasteiger partial charge in [-0.05, 0) is 43.5 Å². The molecule has 3 nitrogen and oxygen atoms in total. The van der Waals surface area contributed by atoms with E-state index in [9.17, 15) is 4.79 Å². The van der Waals surface area contributed by atoms with E-state index in [1.54, 1.807) is 0 Å². The molecule has 0 radical (unpaired) electrons. The lowest BCUT2D eigenvalue weighted by atomic mass is 10.0. The van der Waals surface area contributed by atoms with Gasteiger partial charge in [0.1, 0.15) is 11.6 Å². The Morgan fingerprint density at radius 3 is 2.45 bits per heavy atom. The number of hydrogen-bond acceptors (Lipinski definition) is 3. The molecule has 106 valence electrons. The molecule has 0 aromatic heterocycles. The maximum Gasteiger partial charge on any atom is 0.323 e. The van der Waals surface area contributed by atoms with Crippen molar-refractivity contribution >= 4 is 16.7 Å². The second-order valence-corrected chi connectivity index (χ2v) is 6.03. The standard InChI is InChI=1S/C17H21NO2/c1-17(2,3)20-16(19)15(18)11-12-8-9-13-6-4-5-7-14(13)10-12/h4-10,15H,11,18H2,1-3H3/t15-/m1/s1. The molecule has 0 heterocycles. The van der Waals surface area contributed by atoms with Gasteiger partial charge in [-0.25, -0.2) is 0 Å². The van der Waals surface area contributed by atoms with Crippen LogP contribution >= 0.6 is 0 Å². The smallest absolute Gasteiger partial charge is 0.323 e.